The number of benzene rings is 1. The lowest BCUT2D eigenvalue weighted by Crippen LogP contribution is -2.29. The van der Waals surface area contributed by atoms with Crippen LogP contribution in [-0.2, 0) is 4.79 Å². The van der Waals surface area contributed by atoms with E-state index in [1.54, 1.807) is 7.11 Å². The largest absolute Gasteiger partial charge is 0.497 e. The summed E-state index contributed by atoms with van der Waals surface area (Å²) in [4.78, 5) is 20.5. The number of carbonyl (C=O) groups excluding carboxylic acids is 1. The lowest BCUT2D eigenvalue weighted by Gasteiger charge is -2.11. The van der Waals surface area contributed by atoms with Gasteiger partial charge in [0.05, 0.1) is 7.11 Å². The van der Waals surface area contributed by atoms with Crippen LogP contribution in [0.5, 0.6) is 5.75 Å². The van der Waals surface area contributed by atoms with E-state index in [1.165, 1.54) is 0 Å². The van der Waals surface area contributed by atoms with Crippen LogP contribution >= 0.6 is 0 Å². The highest BCUT2D eigenvalue weighted by Crippen LogP contribution is 2.19. The predicted octanol–water partition coefficient (Wildman–Crippen LogP) is 3.11. The van der Waals surface area contributed by atoms with Crippen LogP contribution in [0.1, 0.15) is 26.0 Å². The third kappa shape index (κ3) is 6.58. The normalized spacial score (nSPS) is 10.5. The molecule has 0 fully saturated rings. The summed E-state index contributed by atoms with van der Waals surface area (Å²) in [6.07, 6.45) is 0.539. The van der Waals surface area contributed by atoms with E-state index in [-0.39, 0.29) is 5.91 Å². The molecule has 1 aromatic carbocycles. The molecule has 3 N–H and O–H groups in total. The van der Waals surface area contributed by atoms with Gasteiger partial charge in [0.2, 0.25) is 11.9 Å². The Morgan fingerprint density at radius 1 is 1.15 bits per heavy atom. The molecule has 0 saturated heterocycles. The number of rotatable bonds is 9. The molecule has 0 atom stereocenters. The molecular formula is C19H27N5O2. The number of aromatic nitrogens is 2. The first kappa shape index (κ1) is 19.5. The SMILES string of the molecule is COc1ccc(Nc2cc(C)nc(NCCNC(=O)CC(C)C)n2)cc1. The number of ether oxygens (including phenoxy) is 1. The average Bonchev–Trinajstić information content (AvgIpc) is 2.58. The molecule has 140 valence electrons. The Kier molecular flexibility index (Phi) is 7.20. The fourth-order valence-electron chi connectivity index (χ4n) is 2.35. The van der Waals surface area contributed by atoms with Crippen molar-refractivity contribution >= 4 is 23.4 Å². The maximum Gasteiger partial charge on any atom is 0.224 e. The van der Waals surface area contributed by atoms with Crippen molar-refractivity contribution in [3.8, 4) is 5.75 Å². The highest BCUT2D eigenvalue weighted by atomic mass is 16.5. The van der Waals surface area contributed by atoms with Crippen LogP contribution < -0.4 is 20.7 Å². The molecule has 7 heteroatoms. The molecule has 1 amide bonds. The van der Waals surface area contributed by atoms with E-state index in [2.05, 4.69) is 25.9 Å². The molecule has 0 aliphatic carbocycles. The van der Waals surface area contributed by atoms with Gasteiger partial charge < -0.3 is 20.7 Å². The van der Waals surface area contributed by atoms with Crippen LogP contribution in [0, 0.1) is 12.8 Å². The Labute approximate surface area is 154 Å². The van der Waals surface area contributed by atoms with Crippen LogP contribution in [0.25, 0.3) is 0 Å². The quantitative estimate of drug-likeness (QED) is 0.598. The van der Waals surface area contributed by atoms with E-state index in [0.717, 1.165) is 17.1 Å². The molecule has 0 spiro atoms. The number of hydrogen-bond donors (Lipinski definition) is 3. The zero-order valence-electron chi connectivity index (χ0n) is 15.8. The van der Waals surface area contributed by atoms with Gasteiger partial charge in [-0.1, -0.05) is 13.8 Å². The molecule has 0 aliphatic rings. The summed E-state index contributed by atoms with van der Waals surface area (Å²) < 4.78 is 5.16. The minimum Gasteiger partial charge on any atom is -0.497 e. The Bertz CT molecular complexity index is 716. The number of methoxy groups -OCH3 is 1. The summed E-state index contributed by atoms with van der Waals surface area (Å²) in [5.41, 5.74) is 1.76. The maximum absolute atomic E-state index is 11.6. The van der Waals surface area contributed by atoms with Crippen molar-refractivity contribution in [2.45, 2.75) is 27.2 Å². The highest BCUT2D eigenvalue weighted by Gasteiger charge is 2.05. The van der Waals surface area contributed by atoms with Gasteiger partial charge in [0.1, 0.15) is 11.6 Å². The van der Waals surface area contributed by atoms with E-state index >= 15 is 0 Å². The zero-order chi connectivity index (χ0) is 18.9. The van der Waals surface area contributed by atoms with Gasteiger partial charge in [0.15, 0.2) is 0 Å². The van der Waals surface area contributed by atoms with Crippen molar-refractivity contribution in [2.75, 3.05) is 30.8 Å². The monoisotopic (exact) mass is 357 g/mol. The topological polar surface area (TPSA) is 88.2 Å². The van der Waals surface area contributed by atoms with E-state index in [4.69, 9.17) is 4.74 Å². The summed E-state index contributed by atoms with van der Waals surface area (Å²) in [5, 5.41) is 9.27. The Morgan fingerprint density at radius 3 is 2.54 bits per heavy atom. The molecule has 0 saturated carbocycles. The number of nitrogens with zero attached hydrogens (tertiary/aromatic N) is 2. The van der Waals surface area contributed by atoms with E-state index in [1.807, 2.05) is 51.1 Å². The molecule has 2 rings (SSSR count). The fourth-order valence-corrected chi connectivity index (χ4v) is 2.35. The number of hydrogen-bond acceptors (Lipinski definition) is 6. The molecular weight excluding hydrogens is 330 g/mol. The van der Waals surface area contributed by atoms with Gasteiger partial charge in [-0.15, -0.1) is 0 Å². The Morgan fingerprint density at radius 2 is 1.88 bits per heavy atom. The van der Waals surface area contributed by atoms with Gasteiger partial charge in [0.25, 0.3) is 0 Å². The lowest BCUT2D eigenvalue weighted by molar-refractivity contribution is -0.121. The predicted molar refractivity (Wildman–Crippen MR) is 104 cm³/mol. The second-order valence-corrected chi connectivity index (χ2v) is 6.45. The molecule has 2 aromatic rings. The summed E-state index contributed by atoms with van der Waals surface area (Å²) >= 11 is 0. The third-order valence-electron chi connectivity index (χ3n) is 3.54. The molecule has 26 heavy (non-hydrogen) atoms. The first-order valence-corrected chi connectivity index (χ1v) is 8.73. The zero-order valence-corrected chi connectivity index (χ0v) is 15.8. The first-order chi connectivity index (χ1) is 12.5. The van der Waals surface area contributed by atoms with Crippen molar-refractivity contribution in [1.82, 2.24) is 15.3 Å². The molecule has 0 bridgehead atoms. The minimum atomic E-state index is 0.0637. The minimum absolute atomic E-state index is 0.0637. The summed E-state index contributed by atoms with van der Waals surface area (Å²) in [6, 6.07) is 9.49. The van der Waals surface area contributed by atoms with Gasteiger partial charge in [-0.2, -0.15) is 4.98 Å². The highest BCUT2D eigenvalue weighted by molar-refractivity contribution is 5.76. The number of nitrogens with one attached hydrogen (secondary N) is 3. The van der Waals surface area contributed by atoms with Crippen molar-refractivity contribution in [3.63, 3.8) is 0 Å². The van der Waals surface area contributed by atoms with Crippen molar-refractivity contribution in [3.05, 3.63) is 36.0 Å². The van der Waals surface area contributed by atoms with Gasteiger partial charge >= 0.3 is 0 Å². The lowest BCUT2D eigenvalue weighted by atomic mass is 10.1. The fraction of sp³-hybridized carbons (Fsp3) is 0.421. The molecule has 0 aliphatic heterocycles. The first-order valence-electron chi connectivity index (χ1n) is 8.73. The van der Waals surface area contributed by atoms with E-state index < -0.39 is 0 Å². The van der Waals surface area contributed by atoms with E-state index in [0.29, 0.717) is 37.2 Å². The Balaban J connectivity index is 1.88. The number of amides is 1. The average molecular weight is 357 g/mol. The van der Waals surface area contributed by atoms with Crippen LogP contribution in [0.4, 0.5) is 17.5 Å². The van der Waals surface area contributed by atoms with Crippen LogP contribution in [0.15, 0.2) is 30.3 Å². The van der Waals surface area contributed by atoms with Crippen LogP contribution in [0.3, 0.4) is 0 Å². The number of aryl methyl sites for hydroxylation is 1. The molecule has 0 unspecified atom stereocenters. The molecule has 1 heterocycles. The summed E-state index contributed by atoms with van der Waals surface area (Å²) in [5.74, 6) is 2.45. The molecule has 1 aromatic heterocycles. The molecule has 0 radical (unpaired) electrons. The second kappa shape index (κ2) is 9.60. The van der Waals surface area contributed by atoms with Gasteiger partial charge in [-0.25, -0.2) is 4.98 Å². The number of anilines is 3. The van der Waals surface area contributed by atoms with Crippen LogP contribution in [0.2, 0.25) is 0 Å². The Hall–Kier alpha value is -2.83. The van der Waals surface area contributed by atoms with Crippen molar-refractivity contribution in [1.29, 1.82) is 0 Å². The molecule has 7 nitrogen and oxygen atoms in total. The van der Waals surface area contributed by atoms with Crippen molar-refractivity contribution < 1.29 is 9.53 Å². The van der Waals surface area contributed by atoms with Gasteiger partial charge in [-0.05, 0) is 37.1 Å². The summed E-state index contributed by atoms with van der Waals surface area (Å²) in [6.45, 7) is 7.06. The van der Waals surface area contributed by atoms with Crippen LogP contribution in [-0.4, -0.2) is 36.1 Å². The number of carbonyl (C=O) groups is 1. The second-order valence-electron chi connectivity index (χ2n) is 6.45. The third-order valence-corrected chi connectivity index (χ3v) is 3.54. The standard InChI is InChI=1S/C19H27N5O2/c1-13(2)11-18(25)20-9-10-21-19-22-14(3)12-17(24-19)23-15-5-7-16(26-4)8-6-15/h5-8,12-13H,9-11H2,1-4H3,(H,20,25)(H2,21,22,23,24). The maximum atomic E-state index is 11.6. The summed E-state index contributed by atoms with van der Waals surface area (Å²) in [7, 11) is 1.64. The van der Waals surface area contributed by atoms with Gasteiger partial charge in [-0.3, -0.25) is 4.79 Å². The van der Waals surface area contributed by atoms with Crippen molar-refractivity contribution in [2.24, 2.45) is 5.92 Å². The smallest absolute Gasteiger partial charge is 0.224 e. The van der Waals surface area contributed by atoms with Gasteiger partial charge in [0, 0.05) is 37.0 Å². The van der Waals surface area contributed by atoms with E-state index in [9.17, 15) is 4.79 Å².